The lowest BCUT2D eigenvalue weighted by atomic mass is 10.0. The van der Waals surface area contributed by atoms with Crippen LogP contribution in [-0.4, -0.2) is 28.9 Å². The highest BCUT2D eigenvalue weighted by atomic mass is 15.2. The topological polar surface area (TPSA) is 60.9 Å². The van der Waals surface area contributed by atoms with Crippen molar-refractivity contribution in [2.75, 3.05) is 0 Å². The predicted molar refractivity (Wildman–Crippen MR) is 237 cm³/mol. The van der Waals surface area contributed by atoms with Crippen molar-refractivity contribution in [1.82, 2.24) is 28.9 Å². The second-order valence-corrected chi connectivity index (χ2v) is 14.7. The number of hydrogen-bond acceptors (Lipinski definition) is 4. The van der Waals surface area contributed by atoms with Gasteiger partial charge in [0.15, 0.2) is 0 Å². The zero-order chi connectivity index (χ0) is 38.2. The molecule has 6 aromatic carbocycles. The number of nitrogens with zero attached hydrogens (tertiary/aromatic N) is 6. The first-order chi connectivity index (χ1) is 28.7. The summed E-state index contributed by atoms with van der Waals surface area (Å²) in [5.41, 5.74) is 13.2. The Morgan fingerprint density at radius 1 is 0.310 bits per heavy atom. The minimum Gasteiger partial charge on any atom is -0.309 e. The smallest absolute Gasteiger partial charge is 0.235 e. The Labute approximate surface area is 333 Å². The fourth-order valence-corrected chi connectivity index (χ4v) is 8.70. The molecule has 58 heavy (non-hydrogen) atoms. The highest BCUT2D eigenvalue weighted by Gasteiger charge is 2.20. The van der Waals surface area contributed by atoms with Crippen LogP contribution < -0.4 is 0 Å². The van der Waals surface area contributed by atoms with Crippen LogP contribution >= 0.6 is 0 Å². The number of fused-ring (bicyclic) bond motifs is 11. The van der Waals surface area contributed by atoms with Gasteiger partial charge in [-0.05, 0) is 66.0 Å². The first-order valence-corrected chi connectivity index (χ1v) is 19.5. The van der Waals surface area contributed by atoms with Crippen LogP contribution in [0.4, 0.5) is 0 Å². The van der Waals surface area contributed by atoms with Crippen LogP contribution in [0.25, 0.3) is 111 Å². The molecule has 0 aliphatic heterocycles. The standard InChI is InChI=1S/C52H32N6/c1-2-13-40-38(11-1)39-12-3-5-17-47(39)57-49-32-51-42(29-37(49)30-50(40)57)41-14-4-6-18-48(41)58(51)52-55-45(35-23-19-33(20-24-35)43-15-7-9-27-53-43)31-46(56-52)36-25-21-34(22-26-36)44-16-8-10-28-54-44/h1-32H. The van der Waals surface area contributed by atoms with Gasteiger partial charge in [-0.15, -0.1) is 0 Å². The third-order valence-corrected chi connectivity index (χ3v) is 11.4. The Kier molecular flexibility index (Phi) is 7.13. The fraction of sp³-hybridized carbons (Fsp3) is 0. The number of pyridine rings is 3. The molecule has 0 aliphatic rings. The SMILES string of the molecule is c1ccc(-c2ccc(-c3cc(-c4ccc(-c5ccccn5)cc4)nc(-n4c5ccccc5c5cc6cc7c8ccccc8c8ccccc8n7c6cc54)n3)cc2)nc1. The minimum atomic E-state index is 0.608. The van der Waals surface area contributed by atoms with Gasteiger partial charge in [0, 0.05) is 61.6 Å². The lowest BCUT2D eigenvalue weighted by Crippen LogP contribution is -2.04. The summed E-state index contributed by atoms with van der Waals surface area (Å²) < 4.78 is 4.66. The molecule has 6 heteroatoms. The molecule has 0 saturated carbocycles. The molecule has 0 saturated heterocycles. The summed E-state index contributed by atoms with van der Waals surface area (Å²) in [6.07, 6.45) is 3.65. The van der Waals surface area contributed by atoms with E-state index in [1.807, 2.05) is 48.8 Å². The Balaban J connectivity index is 1.11. The third kappa shape index (κ3) is 5.05. The molecule has 6 heterocycles. The molecule has 0 radical (unpaired) electrons. The van der Waals surface area contributed by atoms with Crippen LogP contribution in [0.15, 0.2) is 194 Å². The van der Waals surface area contributed by atoms with Crippen LogP contribution in [0, 0.1) is 0 Å². The molecule has 0 fully saturated rings. The molecule has 6 nitrogen and oxygen atoms in total. The summed E-state index contributed by atoms with van der Waals surface area (Å²) >= 11 is 0. The van der Waals surface area contributed by atoms with Gasteiger partial charge in [0.05, 0.1) is 50.4 Å². The molecule has 6 aromatic heterocycles. The number of hydrogen-bond donors (Lipinski definition) is 0. The van der Waals surface area contributed by atoms with Crippen molar-refractivity contribution in [3.8, 4) is 51.0 Å². The highest BCUT2D eigenvalue weighted by molar-refractivity contribution is 6.18. The maximum atomic E-state index is 5.38. The van der Waals surface area contributed by atoms with Gasteiger partial charge in [-0.25, -0.2) is 9.97 Å². The van der Waals surface area contributed by atoms with E-state index < -0.39 is 0 Å². The molecule has 0 amide bonds. The lowest BCUT2D eigenvalue weighted by molar-refractivity contribution is 0.996. The highest BCUT2D eigenvalue weighted by Crippen LogP contribution is 2.39. The average Bonchev–Trinajstić information content (AvgIpc) is 3.84. The first-order valence-electron chi connectivity index (χ1n) is 19.5. The molecule has 12 rings (SSSR count). The van der Waals surface area contributed by atoms with Crippen molar-refractivity contribution < 1.29 is 0 Å². The molecule has 0 unspecified atom stereocenters. The van der Waals surface area contributed by atoms with E-state index in [1.165, 1.54) is 32.6 Å². The Bertz CT molecular complexity index is 3430. The Morgan fingerprint density at radius 2 is 0.793 bits per heavy atom. The Hall–Kier alpha value is -7.96. The third-order valence-electron chi connectivity index (χ3n) is 11.4. The van der Waals surface area contributed by atoms with Crippen LogP contribution in [0.5, 0.6) is 0 Å². The van der Waals surface area contributed by atoms with Gasteiger partial charge >= 0.3 is 0 Å². The monoisotopic (exact) mass is 740 g/mol. The maximum absolute atomic E-state index is 5.38. The molecule has 0 atom stereocenters. The number of para-hydroxylation sites is 2. The van der Waals surface area contributed by atoms with Crippen molar-refractivity contribution >= 4 is 59.9 Å². The summed E-state index contributed by atoms with van der Waals surface area (Å²) in [4.78, 5) is 19.9. The molecule has 12 aromatic rings. The van der Waals surface area contributed by atoms with E-state index in [0.717, 1.165) is 72.4 Å². The van der Waals surface area contributed by atoms with Gasteiger partial charge in [0.1, 0.15) is 0 Å². The van der Waals surface area contributed by atoms with Gasteiger partial charge in [-0.1, -0.05) is 121 Å². The van der Waals surface area contributed by atoms with Gasteiger partial charge in [0.2, 0.25) is 5.95 Å². The van der Waals surface area contributed by atoms with Crippen LogP contribution in [0.2, 0.25) is 0 Å². The van der Waals surface area contributed by atoms with Crippen molar-refractivity contribution in [2.45, 2.75) is 0 Å². The molecule has 0 N–H and O–H groups in total. The Morgan fingerprint density at radius 3 is 1.36 bits per heavy atom. The van der Waals surface area contributed by atoms with Crippen molar-refractivity contribution in [3.05, 3.63) is 194 Å². The predicted octanol–water partition coefficient (Wildman–Crippen LogP) is 12.7. The second kappa shape index (κ2) is 12.8. The van der Waals surface area contributed by atoms with Gasteiger partial charge in [-0.2, -0.15) is 0 Å². The number of rotatable bonds is 5. The van der Waals surface area contributed by atoms with E-state index in [1.54, 1.807) is 0 Å². The summed E-state index contributed by atoms with van der Waals surface area (Å²) in [6, 6.07) is 64.1. The van der Waals surface area contributed by atoms with Crippen molar-refractivity contribution in [1.29, 1.82) is 0 Å². The van der Waals surface area contributed by atoms with E-state index >= 15 is 0 Å². The lowest BCUT2D eigenvalue weighted by Gasteiger charge is -2.13. The zero-order valence-electron chi connectivity index (χ0n) is 31.2. The normalized spacial score (nSPS) is 11.8. The van der Waals surface area contributed by atoms with Crippen LogP contribution in [0.3, 0.4) is 0 Å². The summed E-state index contributed by atoms with van der Waals surface area (Å²) in [6.45, 7) is 0. The number of aromatic nitrogens is 6. The number of benzene rings is 6. The molecular weight excluding hydrogens is 709 g/mol. The van der Waals surface area contributed by atoms with E-state index in [2.05, 4.69) is 165 Å². The maximum Gasteiger partial charge on any atom is 0.235 e. The average molecular weight is 741 g/mol. The first kappa shape index (κ1) is 32.3. The van der Waals surface area contributed by atoms with E-state index in [4.69, 9.17) is 9.97 Å². The fourth-order valence-electron chi connectivity index (χ4n) is 8.70. The van der Waals surface area contributed by atoms with Gasteiger partial charge in [0.25, 0.3) is 0 Å². The van der Waals surface area contributed by atoms with E-state index in [9.17, 15) is 0 Å². The molecule has 270 valence electrons. The molecule has 0 aliphatic carbocycles. The van der Waals surface area contributed by atoms with Gasteiger partial charge in [-0.3, -0.25) is 14.5 Å². The quantitative estimate of drug-likeness (QED) is 0.165. The van der Waals surface area contributed by atoms with E-state index in [-0.39, 0.29) is 0 Å². The summed E-state index contributed by atoms with van der Waals surface area (Å²) in [5, 5.41) is 7.22. The summed E-state index contributed by atoms with van der Waals surface area (Å²) in [5.74, 6) is 0.608. The minimum absolute atomic E-state index is 0.608. The molecule has 0 bridgehead atoms. The van der Waals surface area contributed by atoms with Gasteiger partial charge < -0.3 is 4.40 Å². The largest absolute Gasteiger partial charge is 0.309 e. The summed E-state index contributed by atoms with van der Waals surface area (Å²) in [7, 11) is 0. The second-order valence-electron chi connectivity index (χ2n) is 14.7. The zero-order valence-corrected chi connectivity index (χ0v) is 31.2. The van der Waals surface area contributed by atoms with E-state index in [0.29, 0.717) is 5.95 Å². The van der Waals surface area contributed by atoms with Crippen LogP contribution in [-0.2, 0) is 0 Å². The molecular formula is C52H32N6. The van der Waals surface area contributed by atoms with Crippen molar-refractivity contribution in [3.63, 3.8) is 0 Å². The van der Waals surface area contributed by atoms with Crippen LogP contribution in [0.1, 0.15) is 0 Å². The molecule has 0 spiro atoms. The van der Waals surface area contributed by atoms with Crippen molar-refractivity contribution in [2.24, 2.45) is 0 Å².